The van der Waals surface area contributed by atoms with E-state index in [0.717, 1.165) is 12.0 Å². The molecule has 5 rings (SSSR count). The van der Waals surface area contributed by atoms with Crippen LogP contribution in [0.25, 0.3) is 23.0 Å². The van der Waals surface area contributed by atoms with E-state index in [1.54, 1.807) is 35.1 Å². The second kappa shape index (κ2) is 7.72. The molecular formula is C21H17ClN6O2. The fourth-order valence-corrected chi connectivity index (χ4v) is 3.63. The van der Waals surface area contributed by atoms with Gasteiger partial charge in [0.25, 0.3) is 11.8 Å². The van der Waals surface area contributed by atoms with Gasteiger partial charge >= 0.3 is 0 Å². The fraction of sp³-hybridized carbons (Fsp3) is 0.190. The van der Waals surface area contributed by atoms with Crippen molar-refractivity contribution in [2.75, 3.05) is 13.1 Å². The first kappa shape index (κ1) is 18.5. The van der Waals surface area contributed by atoms with Gasteiger partial charge in [0.15, 0.2) is 5.69 Å². The van der Waals surface area contributed by atoms with Gasteiger partial charge in [-0.2, -0.15) is 4.98 Å². The maximum absolute atomic E-state index is 12.7. The van der Waals surface area contributed by atoms with Crippen molar-refractivity contribution in [2.24, 2.45) is 0 Å². The lowest BCUT2D eigenvalue weighted by Crippen LogP contribution is -2.29. The third kappa shape index (κ3) is 3.57. The van der Waals surface area contributed by atoms with Gasteiger partial charge in [0.1, 0.15) is 0 Å². The van der Waals surface area contributed by atoms with Crippen molar-refractivity contribution >= 4 is 17.5 Å². The Bertz CT molecular complexity index is 1170. The summed E-state index contributed by atoms with van der Waals surface area (Å²) in [6.07, 6.45) is 2.57. The van der Waals surface area contributed by atoms with Gasteiger partial charge in [-0.05, 0) is 30.7 Å². The predicted molar refractivity (Wildman–Crippen MR) is 110 cm³/mol. The molecule has 0 saturated carbocycles. The number of likely N-dealkylation sites (tertiary alicyclic amines) is 1. The van der Waals surface area contributed by atoms with E-state index in [1.165, 1.54) is 0 Å². The minimum Gasteiger partial charge on any atom is -0.336 e. The molecular weight excluding hydrogens is 404 g/mol. The van der Waals surface area contributed by atoms with Crippen LogP contribution in [0.5, 0.6) is 0 Å². The van der Waals surface area contributed by atoms with Crippen LogP contribution in [0.3, 0.4) is 0 Å². The summed E-state index contributed by atoms with van der Waals surface area (Å²) in [5.74, 6) is 0.798. The Labute approximate surface area is 177 Å². The molecule has 30 heavy (non-hydrogen) atoms. The number of carbonyl (C=O) groups is 1. The highest BCUT2D eigenvalue weighted by Crippen LogP contribution is 2.25. The van der Waals surface area contributed by atoms with Gasteiger partial charge < -0.3 is 9.42 Å². The molecule has 0 unspecified atom stereocenters. The van der Waals surface area contributed by atoms with Gasteiger partial charge in [0.05, 0.1) is 12.2 Å². The molecule has 4 aromatic rings. The van der Waals surface area contributed by atoms with E-state index in [-0.39, 0.29) is 11.9 Å². The number of rotatable bonds is 4. The fourth-order valence-electron chi connectivity index (χ4n) is 3.50. The van der Waals surface area contributed by atoms with Crippen LogP contribution in [-0.4, -0.2) is 49.0 Å². The summed E-state index contributed by atoms with van der Waals surface area (Å²) >= 11 is 5.91. The molecule has 0 radical (unpaired) electrons. The van der Waals surface area contributed by atoms with Gasteiger partial charge in [0, 0.05) is 29.2 Å². The first-order valence-corrected chi connectivity index (χ1v) is 9.91. The van der Waals surface area contributed by atoms with Gasteiger partial charge in [-0.25, -0.2) is 4.68 Å². The highest BCUT2D eigenvalue weighted by molar-refractivity contribution is 6.30. The number of hydrogen-bond acceptors (Lipinski definition) is 6. The SMILES string of the molecule is O=C(c1ccc(Cl)cc1)N1CC[C@H](n2cc(-c3nc(-c4ccccc4)no3)nn2)C1. The van der Waals surface area contributed by atoms with E-state index in [0.29, 0.717) is 41.1 Å². The molecule has 2 aromatic heterocycles. The van der Waals surface area contributed by atoms with Crippen molar-refractivity contribution < 1.29 is 9.32 Å². The van der Waals surface area contributed by atoms with Crippen LogP contribution < -0.4 is 0 Å². The zero-order valence-corrected chi connectivity index (χ0v) is 16.6. The van der Waals surface area contributed by atoms with Crippen molar-refractivity contribution in [2.45, 2.75) is 12.5 Å². The van der Waals surface area contributed by atoms with Gasteiger partial charge in [0.2, 0.25) is 5.82 Å². The lowest BCUT2D eigenvalue weighted by Gasteiger charge is -2.16. The molecule has 1 aliphatic heterocycles. The van der Waals surface area contributed by atoms with Crippen molar-refractivity contribution in [1.82, 2.24) is 30.0 Å². The zero-order chi connectivity index (χ0) is 20.5. The molecule has 1 fully saturated rings. The normalized spacial score (nSPS) is 16.2. The summed E-state index contributed by atoms with van der Waals surface area (Å²) in [4.78, 5) is 18.9. The van der Waals surface area contributed by atoms with Crippen LogP contribution >= 0.6 is 11.6 Å². The Morgan fingerprint density at radius 2 is 1.90 bits per heavy atom. The van der Waals surface area contributed by atoms with E-state index in [9.17, 15) is 4.79 Å². The lowest BCUT2D eigenvalue weighted by atomic mass is 10.2. The maximum atomic E-state index is 12.7. The summed E-state index contributed by atoms with van der Waals surface area (Å²) < 4.78 is 7.12. The molecule has 1 saturated heterocycles. The van der Waals surface area contributed by atoms with Crippen LogP contribution in [0.2, 0.25) is 5.02 Å². The Kier molecular flexibility index (Phi) is 4.76. The van der Waals surface area contributed by atoms with Gasteiger partial charge in [-0.3, -0.25) is 4.79 Å². The van der Waals surface area contributed by atoms with Crippen LogP contribution in [-0.2, 0) is 0 Å². The van der Waals surface area contributed by atoms with E-state index >= 15 is 0 Å². The summed E-state index contributed by atoms with van der Waals surface area (Å²) in [6.45, 7) is 1.21. The van der Waals surface area contributed by atoms with E-state index in [4.69, 9.17) is 16.1 Å². The van der Waals surface area contributed by atoms with E-state index < -0.39 is 0 Å². The predicted octanol–water partition coefficient (Wildman–Crippen LogP) is 3.74. The molecule has 150 valence electrons. The number of halogens is 1. The Balaban J connectivity index is 1.29. The third-order valence-electron chi connectivity index (χ3n) is 5.10. The molecule has 3 heterocycles. The quantitative estimate of drug-likeness (QED) is 0.499. The van der Waals surface area contributed by atoms with E-state index in [1.807, 2.05) is 35.2 Å². The molecule has 8 nitrogen and oxygen atoms in total. The topological polar surface area (TPSA) is 89.9 Å². The molecule has 2 aromatic carbocycles. The van der Waals surface area contributed by atoms with Crippen molar-refractivity contribution in [1.29, 1.82) is 0 Å². The lowest BCUT2D eigenvalue weighted by molar-refractivity contribution is 0.0787. The number of nitrogens with zero attached hydrogens (tertiary/aromatic N) is 6. The molecule has 0 aliphatic carbocycles. The van der Waals surface area contributed by atoms with Crippen LogP contribution in [0.4, 0.5) is 0 Å². The first-order valence-electron chi connectivity index (χ1n) is 9.53. The van der Waals surface area contributed by atoms with Crippen LogP contribution in [0.15, 0.2) is 65.3 Å². The van der Waals surface area contributed by atoms with Crippen molar-refractivity contribution in [3.05, 3.63) is 71.4 Å². The monoisotopic (exact) mass is 420 g/mol. The van der Waals surface area contributed by atoms with Crippen molar-refractivity contribution in [3.8, 4) is 23.0 Å². The third-order valence-corrected chi connectivity index (χ3v) is 5.36. The summed E-state index contributed by atoms with van der Waals surface area (Å²) in [5, 5.41) is 13.0. The first-order chi connectivity index (χ1) is 14.7. The van der Waals surface area contributed by atoms with Crippen molar-refractivity contribution in [3.63, 3.8) is 0 Å². The number of benzene rings is 2. The molecule has 0 N–H and O–H groups in total. The molecule has 1 atom stereocenters. The average Bonchev–Trinajstić information content (AvgIpc) is 3.54. The summed E-state index contributed by atoms with van der Waals surface area (Å²) in [7, 11) is 0. The number of aromatic nitrogens is 5. The Morgan fingerprint density at radius 1 is 1.10 bits per heavy atom. The van der Waals surface area contributed by atoms with Gasteiger partial charge in [-0.1, -0.05) is 52.3 Å². The second-order valence-electron chi connectivity index (χ2n) is 7.07. The highest BCUT2D eigenvalue weighted by Gasteiger charge is 2.29. The standard InChI is InChI=1S/C21H17ClN6O2/c22-16-8-6-15(7-9-16)21(29)27-11-10-17(12-27)28-13-18(24-26-28)20-23-19(25-30-20)14-4-2-1-3-5-14/h1-9,13,17H,10-12H2/t17-/m0/s1. The van der Waals surface area contributed by atoms with E-state index in [2.05, 4.69) is 20.5 Å². The van der Waals surface area contributed by atoms with Gasteiger partial charge in [-0.15, -0.1) is 5.10 Å². The minimum absolute atomic E-state index is 0.0149. The number of amides is 1. The molecule has 0 spiro atoms. The summed E-state index contributed by atoms with van der Waals surface area (Å²) in [6, 6.07) is 16.6. The zero-order valence-electron chi connectivity index (χ0n) is 15.8. The van der Waals surface area contributed by atoms with Crippen LogP contribution in [0, 0.1) is 0 Å². The Hall–Kier alpha value is -3.52. The average molecular weight is 421 g/mol. The Morgan fingerprint density at radius 3 is 2.70 bits per heavy atom. The second-order valence-corrected chi connectivity index (χ2v) is 7.51. The molecule has 0 bridgehead atoms. The summed E-state index contributed by atoms with van der Waals surface area (Å²) in [5.41, 5.74) is 2.00. The minimum atomic E-state index is -0.0149. The molecule has 9 heteroatoms. The largest absolute Gasteiger partial charge is 0.336 e. The smallest absolute Gasteiger partial charge is 0.280 e. The molecule has 1 aliphatic rings. The van der Waals surface area contributed by atoms with Crippen LogP contribution in [0.1, 0.15) is 22.8 Å². The number of hydrogen-bond donors (Lipinski definition) is 0. The molecule has 1 amide bonds. The number of carbonyl (C=O) groups excluding carboxylic acids is 1. The highest BCUT2D eigenvalue weighted by atomic mass is 35.5. The maximum Gasteiger partial charge on any atom is 0.280 e.